The summed E-state index contributed by atoms with van der Waals surface area (Å²) in [4.78, 5) is 3.77. The third-order valence-electron chi connectivity index (χ3n) is 0.931. The zero-order valence-electron chi connectivity index (χ0n) is 6.21. The highest BCUT2D eigenvalue weighted by Gasteiger charge is 1.79. The van der Waals surface area contributed by atoms with Crippen molar-refractivity contribution < 1.29 is 4.39 Å². The summed E-state index contributed by atoms with van der Waals surface area (Å²) in [5.41, 5.74) is 0.854. The molecule has 0 aromatic heterocycles. The number of aliphatic imine (C=N–C) groups is 1. The third-order valence-corrected chi connectivity index (χ3v) is 1.02. The van der Waals surface area contributed by atoms with Crippen LogP contribution in [0, 0.1) is 0 Å². The second-order valence-corrected chi connectivity index (χ2v) is 2.02. The van der Waals surface area contributed by atoms with Gasteiger partial charge in [0, 0.05) is 0 Å². The summed E-state index contributed by atoms with van der Waals surface area (Å²) in [5, 5.41) is 2.29. The van der Waals surface area contributed by atoms with Gasteiger partial charge in [0.25, 0.3) is 0 Å². The molecule has 0 atom stereocenters. The molecular formula is C8H7ClFNS. The Balaban J connectivity index is 0.000000354. The predicted molar refractivity (Wildman–Crippen MR) is 53.0 cm³/mol. The lowest BCUT2D eigenvalue weighted by molar-refractivity contribution is 0.599. The molecule has 12 heavy (non-hydrogen) atoms. The van der Waals surface area contributed by atoms with E-state index in [1.165, 1.54) is 0 Å². The van der Waals surface area contributed by atoms with E-state index in [4.69, 9.17) is 0 Å². The van der Waals surface area contributed by atoms with Gasteiger partial charge in [-0.1, -0.05) is 29.8 Å². The van der Waals surface area contributed by atoms with E-state index in [1.54, 1.807) is 0 Å². The smallest absolute Gasteiger partial charge is 0.163 e. The van der Waals surface area contributed by atoms with Crippen LogP contribution in [0.25, 0.3) is 0 Å². The summed E-state index contributed by atoms with van der Waals surface area (Å²) in [6.45, 7) is 0. The van der Waals surface area contributed by atoms with Gasteiger partial charge < -0.3 is 0 Å². The monoisotopic (exact) mass is 203 g/mol. The Hall–Kier alpha value is -0.760. The van der Waals surface area contributed by atoms with Crippen molar-refractivity contribution in [3.05, 3.63) is 30.3 Å². The lowest BCUT2D eigenvalue weighted by Gasteiger charge is -1.83. The van der Waals surface area contributed by atoms with Crippen molar-refractivity contribution in [3.63, 3.8) is 0 Å². The minimum Gasteiger partial charge on any atom is -0.234 e. The Kier molecular flexibility index (Phi) is 7.81. The average molecular weight is 204 g/mol. The molecule has 0 radical (unpaired) electrons. The van der Waals surface area contributed by atoms with E-state index in [1.807, 2.05) is 30.3 Å². The normalized spacial score (nSPS) is 7.50. The van der Waals surface area contributed by atoms with Crippen LogP contribution in [-0.2, 0) is 0 Å². The number of nitrogens with zero attached hydrogens (tertiary/aromatic N) is 1. The van der Waals surface area contributed by atoms with Crippen LogP contribution >= 0.6 is 23.8 Å². The van der Waals surface area contributed by atoms with Crippen molar-refractivity contribution in [2.45, 2.75) is 0 Å². The quantitative estimate of drug-likeness (QED) is 0.386. The van der Waals surface area contributed by atoms with Gasteiger partial charge in [-0.3, -0.25) is 0 Å². The molecule has 0 aliphatic rings. The zero-order valence-corrected chi connectivity index (χ0v) is 7.78. The molecule has 1 aromatic carbocycles. The first-order valence-electron chi connectivity index (χ1n) is 3.10. The molecule has 1 rings (SSSR count). The lowest BCUT2D eigenvalue weighted by atomic mass is 10.3. The summed E-state index contributed by atoms with van der Waals surface area (Å²) >= 11 is 8.75. The molecule has 0 amide bonds. The van der Waals surface area contributed by atoms with Crippen LogP contribution in [0.15, 0.2) is 35.3 Å². The van der Waals surface area contributed by atoms with Gasteiger partial charge in [-0.05, 0) is 24.4 Å². The van der Waals surface area contributed by atoms with Crippen LogP contribution in [0.4, 0.5) is 10.1 Å². The van der Waals surface area contributed by atoms with E-state index in [-0.39, 0.29) is 0 Å². The maximum absolute atomic E-state index is 10.1. The molecule has 0 bridgehead atoms. The van der Waals surface area contributed by atoms with Gasteiger partial charge in [0.15, 0.2) is 6.13 Å². The molecule has 0 saturated carbocycles. The van der Waals surface area contributed by atoms with E-state index < -0.39 is 6.13 Å². The first-order chi connectivity index (χ1) is 5.85. The van der Waals surface area contributed by atoms with Crippen molar-refractivity contribution in [3.8, 4) is 0 Å². The van der Waals surface area contributed by atoms with Crippen molar-refractivity contribution in [2.24, 2.45) is 4.99 Å². The van der Waals surface area contributed by atoms with E-state index in [0.717, 1.165) is 5.69 Å². The number of rotatable bonds is 1. The van der Waals surface area contributed by atoms with Crippen LogP contribution in [0.5, 0.6) is 0 Å². The first-order valence-corrected chi connectivity index (χ1v) is 4.04. The van der Waals surface area contributed by atoms with Crippen LogP contribution in [-0.4, -0.2) is 11.3 Å². The van der Waals surface area contributed by atoms with Gasteiger partial charge >= 0.3 is 0 Å². The number of hydrogen-bond acceptors (Lipinski definition) is 2. The molecule has 0 saturated heterocycles. The van der Waals surface area contributed by atoms with Gasteiger partial charge in [-0.25, -0.2) is 4.39 Å². The van der Waals surface area contributed by atoms with E-state index in [0.29, 0.717) is 0 Å². The number of alkyl halides is 2. The molecule has 1 aromatic rings. The second kappa shape index (κ2) is 8.34. The summed E-state index contributed by atoms with van der Waals surface area (Å²) in [6, 6.07) is 9.50. The van der Waals surface area contributed by atoms with Gasteiger partial charge in [0.2, 0.25) is 0 Å². The maximum Gasteiger partial charge on any atom is 0.163 e. The standard InChI is InChI=1S/C7H5NS.CH2ClF/c9-6-8-7-4-2-1-3-5-7;2-1-3/h1-5H;1H2. The predicted octanol–water partition coefficient (Wildman–Crippen LogP) is 3.57. The Morgan fingerprint density at radius 2 is 1.92 bits per heavy atom. The summed E-state index contributed by atoms with van der Waals surface area (Å²) < 4.78 is 10.1. The number of para-hydroxylation sites is 1. The Morgan fingerprint density at radius 1 is 1.42 bits per heavy atom. The number of isothiocyanates is 1. The van der Waals surface area contributed by atoms with Gasteiger partial charge in [0.1, 0.15) is 0 Å². The molecule has 64 valence electrons. The highest BCUT2D eigenvalue weighted by atomic mass is 35.5. The SMILES string of the molecule is FCCl.S=C=Nc1ccccc1. The van der Waals surface area contributed by atoms with Crippen molar-refractivity contribution >= 4 is 34.7 Å². The highest BCUT2D eigenvalue weighted by molar-refractivity contribution is 7.78. The molecule has 0 N–H and O–H groups in total. The van der Waals surface area contributed by atoms with Crippen molar-refractivity contribution in [1.82, 2.24) is 0 Å². The first kappa shape index (κ1) is 11.2. The minimum absolute atomic E-state index is 0.778. The summed E-state index contributed by atoms with van der Waals surface area (Å²) in [6.07, 6.45) is -0.778. The van der Waals surface area contributed by atoms with E-state index in [2.05, 4.69) is 34.0 Å². The molecule has 0 aliphatic carbocycles. The van der Waals surface area contributed by atoms with Crippen LogP contribution in [0.3, 0.4) is 0 Å². The summed E-state index contributed by atoms with van der Waals surface area (Å²) in [7, 11) is 0. The molecule has 1 nitrogen and oxygen atoms in total. The Labute approximate surface area is 80.9 Å². The fraction of sp³-hybridized carbons (Fsp3) is 0.125. The van der Waals surface area contributed by atoms with Crippen LogP contribution < -0.4 is 0 Å². The van der Waals surface area contributed by atoms with Crippen LogP contribution in [0.1, 0.15) is 0 Å². The molecule has 0 spiro atoms. The molecule has 0 unspecified atom stereocenters. The Morgan fingerprint density at radius 3 is 2.33 bits per heavy atom. The molecule has 0 heterocycles. The van der Waals surface area contributed by atoms with Gasteiger partial charge in [-0.15, -0.1) is 0 Å². The molecular weight excluding hydrogens is 197 g/mol. The topological polar surface area (TPSA) is 12.4 Å². The number of halogens is 2. The van der Waals surface area contributed by atoms with Crippen molar-refractivity contribution in [2.75, 3.05) is 6.13 Å². The van der Waals surface area contributed by atoms with Gasteiger partial charge in [-0.2, -0.15) is 4.99 Å². The van der Waals surface area contributed by atoms with Gasteiger partial charge in [0.05, 0.1) is 10.8 Å². The zero-order chi connectivity index (χ0) is 9.23. The maximum atomic E-state index is 10.1. The average Bonchev–Trinajstić information content (AvgIpc) is 2.08. The lowest BCUT2D eigenvalue weighted by Crippen LogP contribution is -1.58. The molecule has 4 heteroatoms. The largest absolute Gasteiger partial charge is 0.234 e. The fourth-order valence-electron chi connectivity index (χ4n) is 0.555. The minimum atomic E-state index is -0.778. The number of hydrogen-bond donors (Lipinski definition) is 0. The van der Waals surface area contributed by atoms with E-state index in [9.17, 15) is 4.39 Å². The number of benzene rings is 1. The number of thiocarbonyl (C=S) groups is 1. The highest BCUT2D eigenvalue weighted by Crippen LogP contribution is 2.07. The molecule has 0 aliphatic heterocycles. The van der Waals surface area contributed by atoms with Crippen LogP contribution in [0.2, 0.25) is 0 Å². The third kappa shape index (κ3) is 5.98. The molecule has 0 fully saturated rings. The Bertz CT molecular complexity index is 246. The second-order valence-electron chi connectivity index (χ2n) is 1.64. The van der Waals surface area contributed by atoms with Crippen molar-refractivity contribution in [1.29, 1.82) is 0 Å². The van der Waals surface area contributed by atoms with E-state index >= 15 is 0 Å². The summed E-state index contributed by atoms with van der Waals surface area (Å²) in [5.74, 6) is 0. The fourth-order valence-corrected chi connectivity index (χ4v) is 0.661.